The lowest BCUT2D eigenvalue weighted by molar-refractivity contribution is -0.278. The number of rotatable bonds is 9. The van der Waals surface area contributed by atoms with E-state index in [2.05, 4.69) is 5.32 Å². The highest BCUT2D eigenvalue weighted by molar-refractivity contribution is 8.14. The molecule has 2 aromatic carbocycles. The van der Waals surface area contributed by atoms with Crippen molar-refractivity contribution in [1.29, 1.82) is 0 Å². The molecule has 408 valence electrons. The van der Waals surface area contributed by atoms with Crippen molar-refractivity contribution in [2.24, 2.45) is 28.2 Å². The summed E-state index contributed by atoms with van der Waals surface area (Å²) in [5, 5.41) is 3.36. The standard InChI is InChI=1S/C55H76F3N5O10S/c1-14-33(3)45-50(67)63-26-18-21-42(63)51(68)73-44(53(7,8)9)28-32(2)27-43(72-52(69)54(71-13,55(56,57)58)38-19-16-15-17-20-38)35(5)47-59-39(31-74-47)29-34(4)46(64)60-41(30-37-22-24-40(70-12)25-23-37)49(66)61(10)36(6)48(65)62(45)11/h15-17,19-20,22-25,29,32-33,35-36,39,41-45H,14,18,21,26-28,30-31H2,1-13H3,(H,60,64)/b34-29+/t32-,33-,35-,36-,39-,41-,42-,43-,44-,45-,54+/m0/s1. The van der Waals surface area contributed by atoms with Crippen LogP contribution >= 0.6 is 11.8 Å². The molecular formula is C55H76F3N5O10S. The molecule has 2 bridgehead atoms. The number of methoxy groups -OCH3 is 2. The summed E-state index contributed by atoms with van der Waals surface area (Å²) in [4.78, 5) is 95.8. The number of ether oxygens (including phenoxy) is 4. The highest BCUT2D eigenvalue weighted by Gasteiger charge is 2.64. The zero-order valence-electron chi connectivity index (χ0n) is 45.1. The number of cyclic esters (lactones) is 1. The van der Waals surface area contributed by atoms with Crippen molar-refractivity contribution in [2.75, 3.05) is 40.6 Å². The van der Waals surface area contributed by atoms with Crippen molar-refractivity contribution in [3.8, 4) is 5.75 Å². The Balaban J connectivity index is 1.61. The Kier molecular flexibility index (Phi) is 20.0. The summed E-state index contributed by atoms with van der Waals surface area (Å²) in [5.74, 6) is -5.03. The molecule has 15 nitrogen and oxygen atoms in total. The van der Waals surface area contributed by atoms with Crippen molar-refractivity contribution < 1.29 is 60.9 Å². The predicted octanol–water partition coefficient (Wildman–Crippen LogP) is 7.93. The van der Waals surface area contributed by atoms with Gasteiger partial charge < -0.3 is 39.0 Å². The third kappa shape index (κ3) is 13.5. The lowest BCUT2D eigenvalue weighted by Gasteiger charge is -2.39. The molecule has 0 radical (unpaired) electrons. The summed E-state index contributed by atoms with van der Waals surface area (Å²) in [5.41, 5.74) is -3.68. The fraction of sp³-hybridized carbons (Fsp3) is 0.618. The molecule has 1 N–H and O–H groups in total. The molecule has 0 aromatic heterocycles. The number of hydrogen-bond acceptors (Lipinski definition) is 12. The Morgan fingerprint density at radius 3 is 2.15 bits per heavy atom. The number of likely N-dealkylation sites (N-methyl/N-ethyl adjacent to an activating group) is 2. The van der Waals surface area contributed by atoms with E-state index in [4.69, 9.17) is 23.9 Å². The summed E-state index contributed by atoms with van der Waals surface area (Å²) in [7, 11) is 5.32. The van der Waals surface area contributed by atoms with Crippen molar-refractivity contribution in [2.45, 2.75) is 155 Å². The maximum atomic E-state index is 15.3. The zero-order valence-corrected chi connectivity index (χ0v) is 45.9. The second kappa shape index (κ2) is 24.9. The number of benzene rings is 2. The smallest absolute Gasteiger partial charge is 0.432 e. The van der Waals surface area contributed by atoms with Crippen LogP contribution in [0, 0.1) is 23.2 Å². The van der Waals surface area contributed by atoms with E-state index in [1.165, 1.54) is 65.9 Å². The van der Waals surface area contributed by atoms with Gasteiger partial charge in [0.05, 0.1) is 18.2 Å². The first-order valence-electron chi connectivity index (χ1n) is 25.5. The molecule has 1 fully saturated rings. The maximum Gasteiger partial charge on any atom is 0.432 e. The summed E-state index contributed by atoms with van der Waals surface area (Å²) >= 11 is 1.32. The minimum Gasteiger partial charge on any atom is -0.497 e. The molecular weight excluding hydrogens is 980 g/mol. The van der Waals surface area contributed by atoms with E-state index >= 15 is 13.2 Å². The molecule has 1 saturated heterocycles. The van der Waals surface area contributed by atoms with Gasteiger partial charge in [0.1, 0.15) is 42.1 Å². The van der Waals surface area contributed by atoms with E-state index in [-0.39, 0.29) is 37.3 Å². The minimum absolute atomic E-state index is 0.0203. The van der Waals surface area contributed by atoms with E-state index < -0.39 is 113 Å². The Bertz CT molecular complexity index is 2380. The number of carbonyl (C=O) groups excluding carboxylic acids is 6. The molecule has 19 heteroatoms. The molecule has 2 aromatic rings. The average molecular weight is 1060 g/mol. The number of aliphatic imine (C=N–C) groups is 1. The maximum absolute atomic E-state index is 15.3. The molecule has 0 saturated carbocycles. The predicted molar refractivity (Wildman–Crippen MR) is 277 cm³/mol. The van der Waals surface area contributed by atoms with Crippen LogP contribution in [0.15, 0.2) is 71.2 Å². The lowest BCUT2D eigenvalue weighted by Crippen LogP contribution is -2.59. The molecule has 0 unspecified atom stereocenters. The lowest BCUT2D eigenvalue weighted by atomic mass is 9.81. The largest absolute Gasteiger partial charge is 0.497 e. The van der Waals surface area contributed by atoms with Crippen LogP contribution in [-0.2, 0) is 55.0 Å². The van der Waals surface area contributed by atoms with E-state index in [9.17, 15) is 28.8 Å². The normalized spacial score (nSPS) is 28.6. The molecule has 0 spiro atoms. The van der Waals surface area contributed by atoms with Crippen LogP contribution in [0.4, 0.5) is 13.2 Å². The first kappa shape index (κ1) is 59.4. The second-order valence-electron chi connectivity index (χ2n) is 21.2. The van der Waals surface area contributed by atoms with Crippen LogP contribution in [0.5, 0.6) is 5.75 Å². The molecule has 11 atom stereocenters. The third-order valence-electron chi connectivity index (χ3n) is 14.8. The molecule has 0 aliphatic carbocycles. The van der Waals surface area contributed by atoms with Gasteiger partial charge >= 0.3 is 18.1 Å². The summed E-state index contributed by atoms with van der Waals surface area (Å²) < 4.78 is 68.6. The van der Waals surface area contributed by atoms with Gasteiger partial charge in [-0.2, -0.15) is 13.2 Å². The average Bonchev–Trinajstić information content (AvgIpc) is 4.05. The van der Waals surface area contributed by atoms with Crippen molar-refractivity contribution in [3.05, 3.63) is 77.4 Å². The van der Waals surface area contributed by atoms with Gasteiger partial charge in [0, 0.05) is 57.0 Å². The number of nitrogens with one attached hydrogen (secondary N) is 1. The van der Waals surface area contributed by atoms with E-state index in [1.54, 1.807) is 51.1 Å². The van der Waals surface area contributed by atoms with Crippen LogP contribution < -0.4 is 10.1 Å². The quantitative estimate of drug-likeness (QED) is 0.242. The highest BCUT2D eigenvalue weighted by atomic mass is 32.2. The van der Waals surface area contributed by atoms with E-state index in [0.717, 1.165) is 19.2 Å². The highest BCUT2D eigenvalue weighted by Crippen LogP contribution is 2.44. The number of halogens is 3. The number of hydrogen-bond donors (Lipinski definition) is 1. The monoisotopic (exact) mass is 1060 g/mol. The summed E-state index contributed by atoms with van der Waals surface area (Å²) in [6.45, 7) is 16.4. The third-order valence-corrected chi connectivity index (χ3v) is 16.1. The van der Waals surface area contributed by atoms with Gasteiger partial charge in [0.15, 0.2) is 0 Å². The van der Waals surface area contributed by atoms with Gasteiger partial charge in [-0.15, -0.1) is 11.8 Å². The Hall–Kier alpha value is -5.43. The first-order chi connectivity index (χ1) is 34.7. The molecule has 3 heterocycles. The van der Waals surface area contributed by atoms with Crippen LogP contribution in [-0.4, -0.2) is 145 Å². The summed E-state index contributed by atoms with van der Waals surface area (Å²) in [6.07, 6.45) is -3.99. The molecule has 3 aliphatic rings. The SMILES string of the molecule is CC[C@H](C)[C@H]1C(=O)N2CCC[C@H]2C(=O)O[C@H](C(C)(C)C)C[C@@H](C)C[C@H](OC(=O)[C@](OC)(c2ccccc2)C(F)(F)F)[C@H](C)C2=N[C@@H](/C=C(\C)C(=O)N[C@@H](Cc3ccc(OC)cc3)C(=O)N(C)[C@@H](C)C(=O)N1C)CS2. The van der Waals surface area contributed by atoms with E-state index in [1.807, 2.05) is 41.5 Å². The van der Waals surface area contributed by atoms with Crippen LogP contribution in [0.2, 0.25) is 0 Å². The number of esters is 2. The topological polar surface area (TPSA) is 173 Å². The van der Waals surface area contributed by atoms with Crippen molar-refractivity contribution in [1.82, 2.24) is 20.0 Å². The number of carbonyl (C=O) groups is 6. The van der Waals surface area contributed by atoms with Gasteiger partial charge in [0.25, 0.3) is 5.60 Å². The van der Waals surface area contributed by atoms with Gasteiger partial charge in [-0.25, -0.2) is 9.59 Å². The second-order valence-corrected chi connectivity index (χ2v) is 22.3. The van der Waals surface area contributed by atoms with Crippen LogP contribution in [0.3, 0.4) is 0 Å². The number of fused-ring (bicyclic) bond motifs is 2. The fourth-order valence-electron chi connectivity index (χ4n) is 9.85. The first-order valence-corrected chi connectivity index (χ1v) is 26.4. The van der Waals surface area contributed by atoms with Gasteiger partial charge in [0.2, 0.25) is 23.6 Å². The van der Waals surface area contributed by atoms with Crippen LogP contribution in [0.1, 0.15) is 106 Å². The fourth-order valence-corrected chi connectivity index (χ4v) is 11.0. The van der Waals surface area contributed by atoms with Crippen LogP contribution in [0.25, 0.3) is 0 Å². The van der Waals surface area contributed by atoms with Gasteiger partial charge in [-0.3, -0.25) is 24.2 Å². The molecule has 3 aliphatic heterocycles. The van der Waals surface area contributed by atoms with Gasteiger partial charge in [-0.05, 0) is 74.5 Å². The summed E-state index contributed by atoms with van der Waals surface area (Å²) in [6, 6.07) is 8.72. The van der Waals surface area contributed by atoms with Crippen molar-refractivity contribution in [3.63, 3.8) is 0 Å². The molecule has 4 amide bonds. The number of alkyl halides is 3. The van der Waals surface area contributed by atoms with Crippen molar-refractivity contribution >= 4 is 52.4 Å². The number of amides is 4. The molecule has 74 heavy (non-hydrogen) atoms. The molecule has 5 rings (SSSR count). The van der Waals surface area contributed by atoms with E-state index in [0.29, 0.717) is 41.4 Å². The number of nitrogens with zero attached hydrogens (tertiary/aromatic N) is 4. The Morgan fingerprint density at radius 2 is 1.57 bits per heavy atom. The van der Waals surface area contributed by atoms with Gasteiger partial charge in [-0.1, -0.05) is 103 Å². The minimum atomic E-state index is -5.24. The zero-order chi connectivity index (χ0) is 55.0. The Morgan fingerprint density at radius 1 is 0.919 bits per heavy atom. The number of thioether (sulfide) groups is 1. The Labute approximate surface area is 438 Å².